The first-order valence-electron chi connectivity index (χ1n) is 9.90. The molecule has 2 aliphatic rings. The zero-order chi connectivity index (χ0) is 19.6. The Labute approximate surface area is 163 Å². The summed E-state index contributed by atoms with van der Waals surface area (Å²) < 4.78 is 19.5. The number of carbonyl (C=O) groups is 2. The van der Waals surface area contributed by atoms with Gasteiger partial charge in [0.05, 0.1) is 6.26 Å². The summed E-state index contributed by atoms with van der Waals surface area (Å²) in [5.74, 6) is 0.760. The maximum Gasteiger partial charge on any atom is 0.222 e. The van der Waals surface area contributed by atoms with Crippen LogP contribution in [0.4, 0.5) is 4.39 Å². The zero-order valence-corrected chi connectivity index (χ0v) is 15.8. The normalized spacial score (nSPS) is 24.5. The van der Waals surface area contributed by atoms with E-state index in [-0.39, 0.29) is 23.5 Å². The largest absolute Gasteiger partial charge is 0.469 e. The van der Waals surface area contributed by atoms with Crippen LogP contribution < -0.4 is 5.32 Å². The Morgan fingerprint density at radius 1 is 1.29 bits per heavy atom. The van der Waals surface area contributed by atoms with Gasteiger partial charge in [-0.05, 0) is 43.0 Å². The van der Waals surface area contributed by atoms with Crippen molar-refractivity contribution in [2.75, 3.05) is 13.1 Å². The van der Waals surface area contributed by atoms with Crippen LogP contribution in [0.5, 0.6) is 0 Å². The lowest BCUT2D eigenvalue weighted by Gasteiger charge is -2.29. The first-order valence-corrected chi connectivity index (χ1v) is 9.90. The van der Waals surface area contributed by atoms with Crippen LogP contribution in [-0.2, 0) is 16.0 Å². The summed E-state index contributed by atoms with van der Waals surface area (Å²) >= 11 is 0. The summed E-state index contributed by atoms with van der Waals surface area (Å²) in [6.07, 6.45) is 5.13. The minimum absolute atomic E-state index is 0.0276. The number of carbonyl (C=O) groups excluding carboxylic acids is 2. The van der Waals surface area contributed by atoms with Crippen LogP contribution in [0.2, 0.25) is 0 Å². The molecule has 0 bridgehead atoms. The average molecular weight is 384 g/mol. The summed E-state index contributed by atoms with van der Waals surface area (Å²) in [4.78, 5) is 26.5. The third kappa shape index (κ3) is 3.96. The van der Waals surface area contributed by atoms with E-state index in [2.05, 4.69) is 5.32 Å². The second-order valence-corrected chi connectivity index (χ2v) is 7.93. The van der Waals surface area contributed by atoms with Gasteiger partial charge in [-0.25, -0.2) is 4.39 Å². The molecule has 0 saturated carbocycles. The molecule has 5 nitrogen and oxygen atoms in total. The molecule has 2 atom stereocenters. The monoisotopic (exact) mass is 384 g/mol. The van der Waals surface area contributed by atoms with Gasteiger partial charge in [0, 0.05) is 43.8 Å². The Morgan fingerprint density at radius 2 is 2.14 bits per heavy atom. The van der Waals surface area contributed by atoms with Crippen LogP contribution in [0, 0.1) is 5.82 Å². The second-order valence-electron chi connectivity index (χ2n) is 7.93. The predicted molar refractivity (Wildman–Crippen MR) is 102 cm³/mol. The van der Waals surface area contributed by atoms with Crippen molar-refractivity contribution in [1.29, 1.82) is 0 Å². The molecule has 2 aromatic rings. The van der Waals surface area contributed by atoms with Gasteiger partial charge in [-0.15, -0.1) is 0 Å². The van der Waals surface area contributed by atoms with Gasteiger partial charge in [0.2, 0.25) is 11.8 Å². The molecule has 0 aliphatic carbocycles. The molecule has 3 heterocycles. The molecule has 148 valence electrons. The van der Waals surface area contributed by atoms with E-state index in [1.165, 1.54) is 6.07 Å². The highest BCUT2D eigenvalue weighted by Crippen LogP contribution is 2.32. The van der Waals surface area contributed by atoms with E-state index in [9.17, 15) is 14.0 Å². The van der Waals surface area contributed by atoms with Crippen LogP contribution in [0.3, 0.4) is 0 Å². The van der Waals surface area contributed by atoms with Crippen molar-refractivity contribution in [1.82, 2.24) is 10.2 Å². The van der Waals surface area contributed by atoms with Gasteiger partial charge in [0.1, 0.15) is 11.6 Å². The van der Waals surface area contributed by atoms with Crippen molar-refractivity contribution >= 4 is 11.8 Å². The maximum absolute atomic E-state index is 14.0. The summed E-state index contributed by atoms with van der Waals surface area (Å²) in [5.41, 5.74) is 0.269. The zero-order valence-electron chi connectivity index (χ0n) is 15.8. The first-order chi connectivity index (χ1) is 13.5. The van der Waals surface area contributed by atoms with Gasteiger partial charge in [-0.2, -0.15) is 0 Å². The van der Waals surface area contributed by atoms with E-state index in [0.717, 1.165) is 12.2 Å². The third-order valence-electron chi connectivity index (χ3n) is 6.03. The maximum atomic E-state index is 14.0. The van der Waals surface area contributed by atoms with Gasteiger partial charge in [0.15, 0.2) is 0 Å². The molecular formula is C22H25FN2O3. The highest BCUT2D eigenvalue weighted by Gasteiger charge is 2.39. The van der Waals surface area contributed by atoms with E-state index >= 15 is 0 Å². The minimum atomic E-state index is -0.421. The van der Waals surface area contributed by atoms with Crippen LogP contribution in [0.15, 0.2) is 47.1 Å². The molecular weight excluding hydrogens is 359 g/mol. The topological polar surface area (TPSA) is 62.6 Å². The number of nitrogens with zero attached hydrogens (tertiary/aromatic N) is 1. The van der Waals surface area contributed by atoms with Crippen LogP contribution in [-0.4, -0.2) is 35.3 Å². The molecule has 4 rings (SSSR count). The fourth-order valence-electron chi connectivity index (χ4n) is 4.48. The molecule has 2 amide bonds. The lowest BCUT2D eigenvalue weighted by atomic mass is 9.87. The quantitative estimate of drug-likeness (QED) is 0.830. The molecule has 1 aromatic heterocycles. The van der Waals surface area contributed by atoms with Crippen molar-refractivity contribution < 1.29 is 18.4 Å². The molecule has 2 aliphatic heterocycles. The van der Waals surface area contributed by atoms with Crippen molar-refractivity contribution in [3.05, 3.63) is 59.8 Å². The number of amides is 2. The van der Waals surface area contributed by atoms with Gasteiger partial charge in [-0.1, -0.05) is 18.2 Å². The lowest BCUT2D eigenvalue weighted by molar-refractivity contribution is -0.131. The highest BCUT2D eigenvalue weighted by molar-refractivity contribution is 5.80. The number of benzene rings is 1. The smallest absolute Gasteiger partial charge is 0.222 e. The number of halogens is 1. The number of furan rings is 1. The van der Waals surface area contributed by atoms with Crippen molar-refractivity contribution in [2.45, 2.75) is 50.0 Å². The molecule has 2 fully saturated rings. The van der Waals surface area contributed by atoms with E-state index in [0.29, 0.717) is 50.8 Å². The second kappa shape index (κ2) is 7.78. The molecule has 2 saturated heterocycles. The Morgan fingerprint density at radius 3 is 2.86 bits per heavy atom. The molecule has 28 heavy (non-hydrogen) atoms. The number of hydrogen-bond acceptors (Lipinski definition) is 3. The van der Waals surface area contributed by atoms with Crippen molar-refractivity contribution in [3.63, 3.8) is 0 Å². The van der Waals surface area contributed by atoms with Gasteiger partial charge in [-0.3, -0.25) is 9.59 Å². The van der Waals surface area contributed by atoms with E-state index < -0.39 is 5.54 Å². The van der Waals surface area contributed by atoms with E-state index in [4.69, 9.17) is 4.42 Å². The molecule has 0 unspecified atom stereocenters. The average Bonchev–Trinajstić information content (AvgIpc) is 3.43. The Balaban J connectivity index is 1.36. The predicted octanol–water partition coefficient (Wildman–Crippen LogP) is 3.41. The van der Waals surface area contributed by atoms with Crippen LogP contribution in [0.1, 0.15) is 49.3 Å². The van der Waals surface area contributed by atoms with E-state index in [1.54, 1.807) is 18.4 Å². The minimum Gasteiger partial charge on any atom is -0.469 e. The fraction of sp³-hybridized carbons (Fsp3) is 0.455. The third-order valence-corrected chi connectivity index (χ3v) is 6.03. The Bertz CT molecular complexity index is 851. The fourth-order valence-corrected chi connectivity index (χ4v) is 4.48. The SMILES string of the molecule is O=C1CC[C@](CCC(=O)N2CC[C@H](c3ccccc3F)C2)(Cc2ccco2)N1. The highest BCUT2D eigenvalue weighted by atomic mass is 19.1. The van der Waals surface area contributed by atoms with E-state index in [1.807, 2.05) is 23.1 Å². The Hall–Kier alpha value is -2.63. The van der Waals surface area contributed by atoms with Gasteiger partial charge >= 0.3 is 0 Å². The van der Waals surface area contributed by atoms with Crippen LogP contribution >= 0.6 is 0 Å². The number of likely N-dealkylation sites (tertiary alicyclic amines) is 1. The van der Waals surface area contributed by atoms with Crippen molar-refractivity contribution in [3.8, 4) is 0 Å². The molecule has 1 aromatic carbocycles. The summed E-state index contributed by atoms with van der Waals surface area (Å²) in [6.45, 7) is 1.20. The summed E-state index contributed by atoms with van der Waals surface area (Å²) in [7, 11) is 0. The lowest BCUT2D eigenvalue weighted by Crippen LogP contribution is -2.44. The molecule has 1 N–H and O–H groups in total. The number of nitrogens with one attached hydrogen (secondary N) is 1. The summed E-state index contributed by atoms with van der Waals surface area (Å²) in [5, 5.41) is 3.07. The molecule has 0 radical (unpaired) electrons. The molecule has 6 heteroatoms. The first kappa shape index (κ1) is 18.7. The summed E-state index contributed by atoms with van der Waals surface area (Å²) in [6, 6.07) is 10.5. The van der Waals surface area contributed by atoms with Crippen molar-refractivity contribution in [2.24, 2.45) is 0 Å². The molecule has 0 spiro atoms. The van der Waals surface area contributed by atoms with Crippen LogP contribution in [0.25, 0.3) is 0 Å². The number of hydrogen-bond donors (Lipinski definition) is 1. The number of rotatable bonds is 6. The van der Waals surface area contributed by atoms with Gasteiger partial charge in [0.25, 0.3) is 0 Å². The van der Waals surface area contributed by atoms with Gasteiger partial charge < -0.3 is 14.6 Å². The Kier molecular flexibility index (Phi) is 5.20. The standard InChI is InChI=1S/C22H25FN2O3/c23-19-6-2-1-5-18(19)16-9-12-25(15-16)21(27)8-11-22(10-7-20(26)24-22)14-17-4-3-13-28-17/h1-6,13,16H,7-12,14-15H2,(H,24,26)/t16-,22-/m0/s1.